The molecule has 1 aromatic carbocycles. The van der Waals surface area contributed by atoms with Crippen LogP contribution in [-0.2, 0) is 4.74 Å². The van der Waals surface area contributed by atoms with Gasteiger partial charge >= 0.3 is 0 Å². The molecule has 1 aliphatic rings. The molecule has 1 fully saturated rings. The van der Waals surface area contributed by atoms with E-state index < -0.39 is 31.1 Å². The molecule has 1 aliphatic heterocycles. The van der Waals surface area contributed by atoms with Gasteiger partial charge < -0.3 is 31.1 Å². The molecule has 10 nitrogen and oxygen atoms in total. The van der Waals surface area contributed by atoms with E-state index in [1.54, 1.807) is 0 Å². The Balaban J connectivity index is 1.60. The van der Waals surface area contributed by atoms with E-state index in [0.717, 1.165) is 0 Å². The van der Waals surface area contributed by atoms with Gasteiger partial charge in [0, 0.05) is 6.54 Å². The number of imidazole rings is 1. The summed E-state index contributed by atoms with van der Waals surface area (Å²) in [5, 5.41) is 32.9. The van der Waals surface area contributed by atoms with Crippen molar-refractivity contribution in [2.45, 2.75) is 37.4 Å². The van der Waals surface area contributed by atoms with Crippen molar-refractivity contribution in [2.24, 2.45) is 0 Å². The average Bonchev–Trinajstić information content (AvgIpc) is 3.27. The first-order valence-electron chi connectivity index (χ1n) is 9.41. The van der Waals surface area contributed by atoms with Crippen LogP contribution in [0.5, 0.6) is 0 Å². The van der Waals surface area contributed by atoms with Crippen molar-refractivity contribution in [3.63, 3.8) is 0 Å². The van der Waals surface area contributed by atoms with Gasteiger partial charge in [0.2, 0.25) is 5.95 Å². The van der Waals surface area contributed by atoms with E-state index >= 15 is 0 Å². The van der Waals surface area contributed by atoms with Crippen LogP contribution in [0, 0.1) is 0 Å². The lowest BCUT2D eigenvalue weighted by Crippen LogP contribution is -2.33. The average molecular weight is 400 g/mol. The number of ether oxygens (including phenoxy) is 1. The first-order valence-corrected chi connectivity index (χ1v) is 9.41. The van der Waals surface area contributed by atoms with Gasteiger partial charge in [0.25, 0.3) is 0 Å². The molecule has 0 spiro atoms. The number of benzene rings is 1. The van der Waals surface area contributed by atoms with Crippen molar-refractivity contribution in [1.82, 2.24) is 19.5 Å². The van der Waals surface area contributed by atoms with Crippen LogP contribution >= 0.6 is 0 Å². The summed E-state index contributed by atoms with van der Waals surface area (Å²) in [4.78, 5) is 12.8. The summed E-state index contributed by atoms with van der Waals surface area (Å²) in [5.74, 6) is 0.742. The van der Waals surface area contributed by atoms with Crippen LogP contribution in [0.2, 0.25) is 0 Å². The van der Waals surface area contributed by atoms with Crippen molar-refractivity contribution in [3.8, 4) is 0 Å². The number of aromatic nitrogens is 4. The zero-order chi connectivity index (χ0) is 20.5. The summed E-state index contributed by atoms with van der Waals surface area (Å²) < 4.78 is 7.06. The third kappa shape index (κ3) is 3.62. The van der Waals surface area contributed by atoms with Crippen molar-refractivity contribution < 1.29 is 20.1 Å². The van der Waals surface area contributed by atoms with Gasteiger partial charge in [0.1, 0.15) is 18.3 Å². The van der Waals surface area contributed by atoms with Gasteiger partial charge in [-0.05, 0) is 11.5 Å². The summed E-state index contributed by atoms with van der Waals surface area (Å²) in [6, 6.07) is 10.1. The van der Waals surface area contributed by atoms with Crippen molar-refractivity contribution in [3.05, 3.63) is 42.2 Å². The van der Waals surface area contributed by atoms with E-state index in [0.29, 0.717) is 23.5 Å². The third-order valence-electron chi connectivity index (χ3n) is 5.17. The van der Waals surface area contributed by atoms with Crippen LogP contribution in [0.3, 0.4) is 0 Å². The standard InChI is InChI=1S/C19H24N6O4/c1-10(11-5-3-2-4-6-11)7-21-16-13-17(24-19(20)23-16)25(9-22-13)18-15(28)14(27)12(8-26)29-18/h2-6,9-10,12,14-15,18,26-28H,7-8H2,1H3,(H3,20,21,23,24)/t10?,12-,14-,15-,18-/m1/s1. The number of aliphatic hydroxyl groups is 3. The van der Waals surface area contributed by atoms with Crippen molar-refractivity contribution in [1.29, 1.82) is 0 Å². The van der Waals surface area contributed by atoms with Crippen LogP contribution < -0.4 is 11.1 Å². The Morgan fingerprint density at radius 1 is 1.21 bits per heavy atom. The van der Waals surface area contributed by atoms with Gasteiger partial charge in [0.15, 0.2) is 23.2 Å². The fourth-order valence-electron chi connectivity index (χ4n) is 3.50. The van der Waals surface area contributed by atoms with E-state index in [1.165, 1.54) is 16.5 Å². The molecule has 154 valence electrons. The number of hydrogen-bond donors (Lipinski definition) is 5. The summed E-state index contributed by atoms with van der Waals surface area (Å²) in [6.07, 6.45) is -2.85. The summed E-state index contributed by atoms with van der Waals surface area (Å²) in [6.45, 7) is 2.29. The summed E-state index contributed by atoms with van der Waals surface area (Å²) in [7, 11) is 0. The predicted octanol–water partition coefficient (Wildman–Crippen LogP) is 0.236. The van der Waals surface area contributed by atoms with Gasteiger partial charge in [0.05, 0.1) is 12.9 Å². The molecule has 0 radical (unpaired) electrons. The summed E-state index contributed by atoms with van der Waals surface area (Å²) >= 11 is 0. The van der Waals surface area contributed by atoms with Crippen molar-refractivity contribution >= 4 is 22.9 Å². The molecule has 4 rings (SSSR count). The number of aliphatic hydroxyl groups excluding tert-OH is 3. The second-order valence-corrected chi connectivity index (χ2v) is 7.18. The minimum Gasteiger partial charge on any atom is -0.394 e. The topological polar surface area (TPSA) is 152 Å². The van der Waals surface area contributed by atoms with Gasteiger partial charge in [-0.3, -0.25) is 4.57 Å². The number of nitrogens with two attached hydrogens (primary N) is 1. The molecule has 1 saturated heterocycles. The molecule has 0 amide bonds. The maximum absolute atomic E-state index is 10.3. The predicted molar refractivity (Wildman–Crippen MR) is 106 cm³/mol. The van der Waals surface area contributed by atoms with Gasteiger partial charge in [-0.1, -0.05) is 37.3 Å². The molecule has 6 N–H and O–H groups in total. The number of rotatable bonds is 6. The van der Waals surface area contributed by atoms with E-state index in [4.69, 9.17) is 10.5 Å². The highest BCUT2D eigenvalue weighted by molar-refractivity contribution is 5.84. The lowest BCUT2D eigenvalue weighted by molar-refractivity contribution is -0.0511. The third-order valence-corrected chi connectivity index (χ3v) is 5.17. The smallest absolute Gasteiger partial charge is 0.224 e. The fraction of sp³-hybridized carbons (Fsp3) is 0.421. The number of nitrogens with zero attached hydrogens (tertiary/aromatic N) is 4. The summed E-state index contributed by atoms with van der Waals surface area (Å²) in [5.41, 5.74) is 7.91. The van der Waals surface area contributed by atoms with Crippen LogP contribution in [0.4, 0.5) is 11.8 Å². The molecule has 3 heterocycles. The normalized spacial score (nSPS) is 25.4. The monoisotopic (exact) mass is 400 g/mol. The molecule has 0 aliphatic carbocycles. The Morgan fingerprint density at radius 3 is 2.66 bits per heavy atom. The van der Waals surface area contributed by atoms with E-state index in [-0.39, 0.29) is 11.9 Å². The van der Waals surface area contributed by atoms with Crippen LogP contribution in [-0.4, -0.2) is 66.3 Å². The molecule has 0 saturated carbocycles. The molecule has 2 aromatic heterocycles. The van der Waals surface area contributed by atoms with Crippen LogP contribution in [0.1, 0.15) is 24.6 Å². The molecule has 10 heteroatoms. The SMILES string of the molecule is CC(CNc1nc(N)nc2c1ncn2[C@@H]1O[C@H](CO)[C@@H](O)[C@H]1O)c1ccccc1. The number of nitrogens with one attached hydrogen (secondary N) is 1. The number of nitrogen functional groups attached to an aromatic ring is 1. The van der Waals surface area contributed by atoms with Gasteiger partial charge in [-0.2, -0.15) is 9.97 Å². The molecular formula is C19H24N6O4. The zero-order valence-corrected chi connectivity index (χ0v) is 15.9. The van der Waals surface area contributed by atoms with Crippen LogP contribution in [0.15, 0.2) is 36.7 Å². The Bertz CT molecular complexity index is 981. The molecule has 5 atom stereocenters. The number of fused-ring (bicyclic) bond motifs is 1. The van der Waals surface area contributed by atoms with Crippen molar-refractivity contribution in [2.75, 3.05) is 24.2 Å². The second-order valence-electron chi connectivity index (χ2n) is 7.18. The maximum atomic E-state index is 10.3. The molecule has 29 heavy (non-hydrogen) atoms. The maximum Gasteiger partial charge on any atom is 0.224 e. The van der Waals surface area contributed by atoms with Crippen LogP contribution in [0.25, 0.3) is 11.2 Å². The Hall–Kier alpha value is -2.79. The Labute approximate surface area is 167 Å². The van der Waals surface area contributed by atoms with E-state index in [9.17, 15) is 15.3 Å². The fourth-order valence-corrected chi connectivity index (χ4v) is 3.50. The van der Waals surface area contributed by atoms with Gasteiger partial charge in [-0.15, -0.1) is 0 Å². The molecule has 3 aromatic rings. The minimum atomic E-state index is -1.24. The molecule has 0 bridgehead atoms. The second kappa shape index (κ2) is 7.91. The van der Waals surface area contributed by atoms with E-state index in [1.807, 2.05) is 18.2 Å². The highest BCUT2D eigenvalue weighted by Crippen LogP contribution is 2.32. The Morgan fingerprint density at radius 2 is 1.97 bits per heavy atom. The largest absolute Gasteiger partial charge is 0.394 e. The number of anilines is 2. The number of hydrogen-bond acceptors (Lipinski definition) is 9. The quantitative estimate of drug-likeness (QED) is 0.392. The highest BCUT2D eigenvalue weighted by atomic mass is 16.6. The van der Waals surface area contributed by atoms with Gasteiger partial charge in [-0.25, -0.2) is 4.98 Å². The lowest BCUT2D eigenvalue weighted by atomic mass is 10.0. The minimum absolute atomic E-state index is 0.0425. The Kier molecular flexibility index (Phi) is 5.33. The zero-order valence-electron chi connectivity index (χ0n) is 15.9. The first kappa shape index (κ1) is 19.5. The van der Waals surface area contributed by atoms with E-state index in [2.05, 4.69) is 39.3 Å². The molecule has 1 unspecified atom stereocenters. The highest BCUT2D eigenvalue weighted by Gasteiger charge is 2.44. The first-order chi connectivity index (χ1) is 14.0. The lowest BCUT2D eigenvalue weighted by Gasteiger charge is -2.17. The molecular weight excluding hydrogens is 376 g/mol.